The summed E-state index contributed by atoms with van der Waals surface area (Å²) in [6, 6.07) is 13.9. The van der Waals surface area contributed by atoms with Gasteiger partial charge in [0.1, 0.15) is 12.4 Å². The van der Waals surface area contributed by atoms with E-state index in [1.807, 2.05) is 36.4 Å². The molecule has 2 saturated heterocycles. The quantitative estimate of drug-likeness (QED) is 0.802. The molecule has 0 aliphatic carbocycles. The summed E-state index contributed by atoms with van der Waals surface area (Å²) in [5, 5.41) is 9.40. The SMILES string of the molecule is O=C(OCc1ccccc1)c1ccc(N2CCN3CC(CO)CCC3C2)nc1. The lowest BCUT2D eigenvalue weighted by atomic mass is 9.91. The summed E-state index contributed by atoms with van der Waals surface area (Å²) in [6.07, 6.45) is 3.81. The first-order valence-electron chi connectivity index (χ1n) is 10.00. The smallest absolute Gasteiger partial charge is 0.340 e. The van der Waals surface area contributed by atoms with Gasteiger partial charge in [0, 0.05) is 45.0 Å². The molecular formula is C22H27N3O3. The average molecular weight is 381 g/mol. The minimum Gasteiger partial charge on any atom is -0.457 e. The number of aliphatic hydroxyl groups excluding tert-OH is 1. The zero-order chi connectivity index (χ0) is 19.3. The molecule has 4 rings (SSSR count). The van der Waals surface area contributed by atoms with E-state index in [1.54, 1.807) is 12.3 Å². The number of anilines is 1. The van der Waals surface area contributed by atoms with Gasteiger partial charge in [-0.25, -0.2) is 9.78 Å². The van der Waals surface area contributed by atoms with Crippen LogP contribution in [0, 0.1) is 5.92 Å². The number of rotatable bonds is 5. The highest BCUT2D eigenvalue weighted by Crippen LogP contribution is 2.26. The number of esters is 1. The first kappa shape index (κ1) is 18.9. The molecule has 2 atom stereocenters. The van der Waals surface area contributed by atoms with E-state index >= 15 is 0 Å². The van der Waals surface area contributed by atoms with Gasteiger partial charge in [0.25, 0.3) is 0 Å². The Morgan fingerprint density at radius 3 is 2.71 bits per heavy atom. The molecule has 2 fully saturated rings. The van der Waals surface area contributed by atoms with Crippen molar-refractivity contribution in [2.45, 2.75) is 25.5 Å². The first-order valence-corrected chi connectivity index (χ1v) is 10.00. The molecule has 2 aliphatic rings. The van der Waals surface area contributed by atoms with Gasteiger partial charge in [-0.15, -0.1) is 0 Å². The number of carbonyl (C=O) groups is 1. The Bertz CT molecular complexity index is 781. The summed E-state index contributed by atoms with van der Waals surface area (Å²) in [5.74, 6) is 0.973. The molecular weight excluding hydrogens is 354 g/mol. The second kappa shape index (κ2) is 8.71. The second-order valence-corrected chi connectivity index (χ2v) is 7.69. The van der Waals surface area contributed by atoms with Crippen LogP contribution in [0.15, 0.2) is 48.7 Å². The van der Waals surface area contributed by atoms with Crippen LogP contribution >= 0.6 is 0 Å². The molecule has 1 aromatic carbocycles. The minimum absolute atomic E-state index is 0.264. The highest BCUT2D eigenvalue weighted by Gasteiger charge is 2.32. The number of ether oxygens (including phenoxy) is 1. The lowest BCUT2D eigenvalue weighted by molar-refractivity contribution is 0.0472. The molecule has 0 saturated carbocycles. The van der Waals surface area contributed by atoms with Gasteiger partial charge in [-0.05, 0) is 36.5 Å². The number of aliphatic hydroxyl groups is 1. The average Bonchev–Trinajstić information content (AvgIpc) is 2.77. The molecule has 1 N–H and O–H groups in total. The van der Waals surface area contributed by atoms with Gasteiger partial charge in [-0.3, -0.25) is 4.90 Å². The van der Waals surface area contributed by atoms with E-state index in [0.717, 1.165) is 50.4 Å². The molecule has 2 aromatic rings. The van der Waals surface area contributed by atoms with Crippen molar-refractivity contribution in [1.82, 2.24) is 9.88 Å². The van der Waals surface area contributed by atoms with E-state index in [2.05, 4.69) is 14.8 Å². The van der Waals surface area contributed by atoms with E-state index in [1.165, 1.54) is 0 Å². The molecule has 0 bridgehead atoms. The Hall–Kier alpha value is -2.44. The topological polar surface area (TPSA) is 65.9 Å². The molecule has 2 unspecified atom stereocenters. The van der Waals surface area contributed by atoms with Gasteiger partial charge < -0.3 is 14.7 Å². The lowest BCUT2D eigenvalue weighted by Crippen LogP contribution is -2.57. The van der Waals surface area contributed by atoms with Crippen molar-refractivity contribution in [2.75, 3.05) is 37.7 Å². The highest BCUT2D eigenvalue weighted by atomic mass is 16.5. The molecule has 6 heteroatoms. The second-order valence-electron chi connectivity index (χ2n) is 7.69. The number of hydrogen-bond donors (Lipinski definition) is 1. The van der Waals surface area contributed by atoms with Crippen molar-refractivity contribution in [3.05, 3.63) is 59.8 Å². The monoisotopic (exact) mass is 381 g/mol. The maximum absolute atomic E-state index is 12.2. The number of carbonyl (C=O) groups excluding carboxylic acids is 1. The normalized spacial score (nSPS) is 22.5. The van der Waals surface area contributed by atoms with E-state index in [4.69, 9.17) is 4.74 Å². The summed E-state index contributed by atoms with van der Waals surface area (Å²) >= 11 is 0. The number of aromatic nitrogens is 1. The number of hydrogen-bond acceptors (Lipinski definition) is 6. The molecule has 28 heavy (non-hydrogen) atoms. The van der Waals surface area contributed by atoms with Crippen molar-refractivity contribution in [3.8, 4) is 0 Å². The number of pyridine rings is 1. The predicted octanol–water partition coefficient (Wildman–Crippen LogP) is 2.33. The Morgan fingerprint density at radius 2 is 1.96 bits per heavy atom. The molecule has 0 spiro atoms. The molecule has 148 valence electrons. The fraction of sp³-hybridized carbons (Fsp3) is 0.455. The van der Waals surface area contributed by atoms with Gasteiger partial charge in [-0.2, -0.15) is 0 Å². The van der Waals surface area contributed by atoms with Crippen LogP contribution in [0.1, 0.15) is 28.8 Å². The van der Waals surface area contributed by atoms with Crippen LogP contribution in [-0.4, -0.2) is 59.8 Å². The van der Waals surface area contributed by atoms with Crippen LogP contribution in [-0.2, 0) is 11.3 Å². The van der Waals surface area contributed by atoms with E-state index in [0.29, 0.717) is 17.5 Å². The van der Waals surface area contributed by atoms with Gasteiger partial charge in [0.2, 0.25) is 0 Å². The molecule has 6 nitrogen and oxygen atoms in total. The summed E-state index contributed by atoms with van der Waals surface area (Å²) in [4.78, 5) is 21.6. The third-order valence-electron chi connectivity index (χ3n) is 5.78. The number of nitrogens with zero attached hydrogens (tertiary/aromatic N) is 3. The predicted molar refractivity (Wildman–Crippen MR) is 107 cm³/mol. The van der Waals surface area contributed by atoms with Crippen LogP contribution in [0.3, 0.4) is 0 Å². The molecule has 0 radical (unpaired) electrons. The molecule has 3 heterocycles. The van der Waals surface area contributed by atoms with Gasteiger partial charge in [-0.1, -0.05) is 30.3 Å². The van der Waals surface area contributed by atoms with Crippen molar-refractivity contribution >= 4 is 11.8 Å². The summed E-state index contributed by atoms with van der Waals surface area (Å²) in [7, 11) is 0. The number of benzene rings is 1. The fourth-order valence-electron chi connectivity index (χ4n) is 4.12. The third kappa shape index (κ3) is 4.34. The van der Waals surface area contributed by atoms with Crippen LogP contribution in [0.25, 0.3) is 0 Å². The van der Waals surface area contributed by atoms with Crippen LogP contribution in [0.5, 0.6) is 0 Å². The largest absolute Gasteiger partial charge is 0.457 e. The maximum atomic E-state index is 12.2. The molecule has 2 aliphatic heterocycles. The minimum atomic E-state index is -0.352. The van der Waals surface area contributed by atoms with E-state index in [9.17, 15) is 9.90 Å². The summed E-state index contributed by atoms with van der Waals surface area (Å²) in [5.41, 5.74) is 1.44. The van der Waals surface area contributed by atoms with Crippen molar-refractivity contribution in [1.29, 1.82) is 0 Å². The zero-order valence-corrected chi connectivity index (χ0v) is 16.0. The fourth-order valence-corrected chi connectivity index (χ4v) is 4.12. The van der Waals surface area contributed by atoms with Gasteiger partial charge >= 0.3 is 5.97 Å². The molecule has 0 amide bonds. The zero-order valence-electron chi connectivity index (χ0n) is 16.0. The van der Waals surface area contributed by atoms with Crippen LogP contribution < -0.4 is 4.90 Å². The van der Waals surface area contributed by atoms with Crippen molar-refractivity contribution in [3.63, 3.8) is 0 Å². The third-order valence-corrected chi connectivity index (χ3v) is 5.78. The van der Waals surface area contributed by atoms with Crippen molar-refractivity contribution < 1.29 is 14.6 Å². The van der Waals surface area contributed by atoms with E-state index in [-0.39, 0.29) is 19.2 Å². The number of piperidine rings is 1. The first-order chi connectivity index (χ1) is 13.7. The van der Waals surface area contributed by atoms with Gasteiger partial charge in [0.15, 0.2) is 0 Å². The number of fused-ring (bicyclic) bond motifs is 1. The lowest BCUT2D eigenvalue weighted by Gasteiger charge is -2.46. The van der Waals surface area contributed by atoms with Crippen LogP contribution in [0.2, 0.25) is 0 Å². The van der Waals surface area contributed by atoms with E-state index < -0.39 is 0 Å². The Morgan fingerprint density at radius 1 is 1.11 bits per heavy atom. The Labute approximate surface area is 165 Å². The summed E-state index contributed by atoms with van der Waals surface area (Å²) in [6.45, 7) is 4.40. The standard InChI is InChI=1S/C22H27N3O3/c26-15-18-6-8-20-14-25(11-10-24(20)13-18)21-9-7-19(12-23-21)22(27)28-16-17-4-2-1-3-5-17/h1-5,7,9,12,18,20,26H,6,8,10-11,13-16H2. The number of piperazine rings is 1. The Kier molecular flexibility index (Phi) is 5.88. The summed E-state index contributed by atoms with van der Waals surface area (Å²) < 4.78 is 5.37. The highest BCUT2D eigenvalue weighted by molar-refractivity contribution is 5.89. The van der Waals surface area contributed by atoms with Gasteiger partial charge in [0.05, 0.1) is 5.56 Å². The molecule has 1 aromatic heterocycles. The Balaban J connectivity index is 1.33. The van der Waals surface area contributed by atoms with Crippen LogP contribution in [0.4, 0.5) is 5.82 Å². The maximum Gasteiger partial charge on any atom is 0.340 e. The van der Waals surface area contributed by atoms with Crippen molar-refractivity contribution in [2.24, 2.45) is 5.92 Å².